The standard InChI is InChI=1S/C16H26O6.C16H28O2.C9H13F5O2/c1-4-16(2,3)15(20)22-10-9-21-14(19)12-8-6-5-7-11(12)13(17)18;1-7-14(2,3)13(17)18-12-10-11-8-9-16(12,6)15(11,4)5;1-4-7(2,3)6(15)16-5-8(10,11)9(12,13)14/h11-12H,4-10H2,1-3H3,(H,17,18);11-12H,7-10H2,1-6H3;4-5H2,1-3H3. The third kappa shape index (κ3) is 12.8. The second-order valence-corrected chi connectivity index (χ2v) is 18.1. The van der Waals surface area contributed by atoms with Gasteiger partial charge >= 0.3 is 41.9 Å². The quantitative estimate of drug-likeness (QED) is 0.0780. The number of carboxylic acid groups (broad SMARTS) is 1. The van der Waals surface area contributed by atoms with Gasteiger partial charge in [-0.25, -0.2) is 0 Å². The summed E-state index contributed by atoms with van der Waals surface area (Å²) >= 11 is 0. The smallest absolute Gasteiger partial charge is 0.456 e. The summed E-state index contributed by atoms with van der Waals surface area (Å²) in [6.45, 7) is 20.9. The van der Waals surface area contributed by atoms with E-state index < -0.39 is 59.3 Å². The highest BCUT2D eigenvalue weighted by Crippen LogP contribution is 2.66. The first-order chi connectivity index (χ1) is 25.4. The molecule has 5 atom stereocenters. The van der Waals surface area contributed by atoms with Gasteiger partial charge in [-0.1, -0.05) is 54.4 Å². The average Bonchev–Trinajstić information content (AvgIpc) is 3.45. The molecule has 0 radical (unpaired) electrons. The molecule has 3 fully saturated rings. The minimum Gasteiger partial charge on any atom is -0.481 e. The predicted molar refractivity (Wildman–Crippen MR) is 198 cm³/mol. The van der Waals surface area contributed by atoms with Gasteiger partial charge in [0.25, 0.3) is 0 Å². The molecule has 0 aromatic heterocycles. The zero-order valence-corrected chi connectivity index (χ0v) is 35.5. The van der Waals surface area contributed by atoms with Gasteiger partial charge in [0.1, 0.15) is 19.3 Å². The largest absolute Gasteiger partial charge is 0.481 e. The van der Waals surface area contributed by atoms with Crippen LogP contribution in [-0.4, -0.2) is 73.0 Å². The van der Waals surface area contributed by atoms with Crippen LogP contribution in [0.3, 0.4) is 0 Å². The molecule has 0 heterocycles. The zero-order chi connectivity index (χ0) is 43.7. The molecule has 2 bridgehead atoms. The van der Waals surface area contributed by atoms with E-state index in [1.54, 1.807) is 20.8 Å². The molecule has 15 heteroatoms. The van der Waals surface area contributed by atoms with E-state index in [0.717, 1.165) is 31.6 Å². The van der Waals surface area contributed by atoms with Gasteiger partial charge in [0.05, 0.1) is 28.1 Å². The van der Waals surface area contributed by atoms with E-state index in [4.69, 9.17) is 19.3 Å². The SMILES string of the molecule is CCC(C)(C)C(=O)OC1CC2CCC1(C)C2(C)C.CCC(C)(C)C(=O)OCC(F)(F)C(F)(F)F.CCC(C)(C)C(=O)OCCOC(=O)C1CCCCC1C(=O)O. The number of alkyl halides is 5. The van der Waals surface area contributed by atoms with Gasteiger partial charge in [-0.3, -0.25) is 24.0 Å². The summed E-state index contributed by atoms with van der Waals surface area (Å²) in [5.74, 6) is -8.39. The fraction of sp³-hybridized carbons (Fsp3) is 0.878. The molecule has 0 amide bonds. The first-order valence-corrected chi connectivity index (χ1v) is 19.8. The van der Waals surface area contributed by atoms with Gasteiger partial charge in [0.2, 0.25) is 0 Å². The number of fused-ring (bicyclic) bond motifs is 2. The van der Waals surface area contributed by atoms with Gasteiger partial charge in [0.15, 0.2) is 6.61 Å². The van der Waals surface area contributed by atoms with Crippen LogP contribution in [0.1, 0.15) is 147 Å². The molecule has 3 aliphatic carbocycles. The first kappa shape index (κ1) is 51.0. The molecule has 0 aromatic rings. The Morgan fingerprint density at radius 2 is 1.11 bits per heavy atom. The topological polar surface area (TPSA) is 142 Å². The van der Waals surface area contributed by atoms with E-state index in [1.807, 2.05) is 27.7 Å². The number of rotatable bonds is 14. The minimum absolute atomic E-state index is 0.00153. The number of aliphatic carboxylic acids is 1. The lowest BCUT2D eigenvalue weighted by atomic mass is 9.70. The van der Waals surface area contributed by atoms with E-state index >= 15 is 0 Å². The number of carboxylic acids is 1. The minimum atomic E-state index is -5.70. The van der Waals surface area contributed by atoms with Crippen molar-refractivity contribution in [3.63, 3.8) is 0 Å². The molecule has 5 unspecified atom stereocenters. The molecule has 56 heavy (non-hydrogen) atoms. The lowest BCUT2D eigenvalue weighted by Gasteiger charge is -2.39. The number of carbonyl (C=O) groups excluding carboxylic acids is 4. The van der Waals surface area contributed by atoms with E-state index in [0.29, 0.717) is 24.7 Å². The Bertz CT molecular complexity index is 1360. The van der Waals surface area contributed by atoms with Crippen molar-refractivity contribution in [2.24, 2.45) is 44.8 Å². The predicted octanol–water partition coefficient (Wildman–Crippen LogP) is 9.74. The number of hydrogen-bond donors (Lipinski definition) is 1. The normalized spacial score (nSPS) is 24.7. The summed E-state index contributed by atoms with van der Waals surface area (Å²) in [5, 5.41) is 9.14. The maximum atomic E-state index is 12.4. The number of hydrogen-bond acceptors (Lipinski definition) is 9. The summed E-state index contributed by atoms with van der Waals surface area (Å²) < 4.78 is 80.0. The second-order valence-electron chi connectivity index (χ2n) is 18.1. The highest BCUT2D eigenvalue weighted by atomic mass is 19.4. The van der Waals surface area contributed by atoms with Crippen LogP contribution in [0.5, 0.6) is 0 Å². The molecule has 1 N–H and O–H groups in total. The molecule has 3 rings (SSSR count). The third-order valence-electron chi connectivity index (χ3n) is 13.0. The molecule has 0 spiro atoms. The van der Waals surface area contributed by atoms with Crippen LogP contribution in [0.25, 0.3) is 0 Å². The maximum Gasteiger partial charge on any atom is 0.456 e. The van der Waals surface area contributed by atoms with Crippen LogP contribution in [0, 0.1) is 44.8 Å². The van der Waals surface area contributed by atoms with Crippen LogP contribution in [-0.2, 0) is 42.9 Å². The van der Waals surface area contributed by atoms with Crippen molar-refractivity contribution >= 4 is 29.8 Å². The number of ether oxygens (including phenoxy) is 4. The summed E-state index contributed by atoms with van der Waals surface area (Å²) in [7, 11) is 0. The van der Waals surface area contributed by atoms with Crippen LogP contribution >= 0.6 is 0 Å². The molecule has 3 saturated carbocycles. The average molecular weight is 815 g/mol. The van der Waals surface area contributed by atoms with Gasteiger partial charge in [0, 0.05) is 5.41 Å². The highest BCUT2D eigenvalue weighted by Gasteiger charge is 2.63. The van der Waals surface area contributed by atoms with Crippen LogP contribution < -0.4 is 0 Å². The Morgan fingerprint density at radius 3 is 1.52 bits per heavy atom. The Labute approximate surface area is 329 Å². The van der Waals surface area contributed by atoms with E-state index in [9.17, 15) is 45.9 Å². The van der Waals surface area contributed by atoms with Crippen LogP contribution in [0.4, 0.5) is 22.0 Å². The number of esters is 4. The van der Waals surface area contributed by atoms with Gasteiger partial charge in [-0.05, 0) is 104 Å². The van der Waals surface area contributed by atoms with Crippen LogP contribution in [0.2, 0.25) is 0 Å². The summed E-state index contributed by atoms with van der Waals surface area (Å²) in [6, 6.07) is 0. The monoisotopic (exact) mass is 814 g/mol. The number of halogens is 5. The lowest BCUT2D eigenvalue weighted by molar-refractivity contribution is -0.294. The summed E-state index contributed by atoms with van der Waals surface area (Å²) in [4.78, 5) is 58.3. The van der Waals surface area contributed by atoms with Crippen molar-refractivity contribution in [3.05, 3.63) is 0 Å². The fourth-order valence-electron chi connectivity index (χ4n) is 6.75. The van der Waals surface area contributed by atoms with E-state index in [1.165, 1.54) is 26.7 Å². The zero-order valence-electron chi connectivity index (χ0n) is 35.5. The highest BCUT2D eigenvalue weighted by molar-refractivity contribution is 5.81. The first-order valence-electron chi connectivity index (χ1n) is 19.8. The van der Waals surface area contributed by atoms with Crippen molar-refractivity contribution in [3.8, 4) is 0 Å². The van der Waals surface area contributed by atoms with Gasteiger partial charge in [-0.2, -0.15) is 22.0 Å². The van der Waals surface area contributed by atoms with Crippen molar-refractivity contribution in [1.29, 1.82) is 0 Å². The van der Waals surface area contributed by atoms with Gasteiger partial charge < -0.3 is 24.1 Å². The Morgan fingerprint density at radius 1 is 0.661 bits per heavy atom. The molecular formula is C41H67F5O10. The Kier molecular flexibility index (Phi) is 17.9. The molecule has 10 nitrogen and oxygen atoms in total. The molecule has 0 saturated heterocycles. The molecule has 0 aromatic carbocycles. The molecule has 3 aliphatic rings. The number of carbonyl (C=O) groups is 5. The molecular weight excluding hydrogens is 747 g/mol. The van der Waals surface area contributed by atoms with Crippen molar-refractivity contribution in [2.75, 3.05) is 19.8 Å². The third-order valence-corrected chi connectivity index (χ3v) is 13.0. The van der Waals surface area contributed by atoms with Crippen LogP contribution in [0.15, 0.2) is 0 Å². The van der Waals surface area contributed by atoms with Crippen molar-refractivity contribution < 1.29 is 70.0 Å². The summed E-state index contributed by atoms with van der Waals surface area (Å²) in [5.41, 5.74) is -1.47. The second kappa shape index (κ2) is 19.6. The maximum absolute atomic E-state index is 12.4. The van der Waals surface area contributed by atoms with Gasteiger partial charge in [-0.15, -0.1) is 0 Å². The van der Waals surface area contributed by atoms with Crippen molar-refractivity contribution in [2.45, 2.75) is 165 Å². The Balaban J connectivity index is 0.000000426. The molecule has 326 valence electrons. The van der Waals surface area contributed by atoms with E-state index in [2.05, 4.69) is 25.5 Å². The van der Waals surface area contributed by atoms with E-state index in [-0.39, 0.29) is 48.5 Å². The Hall–Kier alpha value is -3.00. The fourth-order valence-corrected chi connectivity index (χ4v) is 6.75. The molecule has 0 aliphatic heterocycles. The summed E-state index contributed by atoms with van der Waals surface area (Å²) in [6.07, 6.45) is 2.48. The lowest BCUT2D eigenvalue weighted by Crippen LogP contribution is -2.42. The van der Waals surface area contributed by atoms with Crippen molar-refractivity contribution in [1.82, 2.24) is 0 Å².